The Balaban J connectivity index is 1.60. The number of aromatic amines is 1. The number of aliphatic imine (C=N–C) groups is 1. The monoisotopic (exact) mass is 335 g/mol. The fraction of sp³-hybridized carbons (Fsp3) is 0.381. The van der Waals surface area contributed by atoms with Crippen molar-refractivity contribution in [2.24, 2.45) is 4.99 Å². The van der Waals surface area contributed by atoms with Crippen LogP contribution < -0.4 is 0 Å². The summed E-state index contributed by atoms with van der Waals surface area (Å²) in [6.45, 7) is 9.95. The maximum atomic E-state index is 5.39. The number of H-pyrrole nitrogens is 1. The van der Waals surface area contributed by atoms with E-state index < -0.39 is 0 Å². The number of fused-ring (bicyclic) bond motifs is 3. The van der Waals surface area contributed by atoms with E-state index in [0.717, 1.165) is 39.4 Å². The van der Waals surface area contributed by atoms with Crippen molar-refractivity contribution in [1.29, 1.82) is 0 Å². The molecule has 2 heterocycles. The minimum atomic E-state index is 0.838. The molecular weight excluding hydrogens is 310 g/mol. The molecule has 1 aliphatic rings. The first kappa shape index (κ1) is 16.3. The van der Waals surface area contributed by atoms with E-state index >= 15 is 0 Å². The molecule has 1 aromatic heterocycles. The third-order valence-corrected chi connectivity index (χ3v) is 5.16. The Kier molecular flexibility index (Phi) is 4.55. The van der Waals surface area contributed by atoms with Gasteiger partial charge in [-0.3, -0.25) is 9.89 Å². The van der Waals surface area contributed by atoms with E-state index in [2.05, 4.69) is 54.1 Å². The molecular formula is C21H25N3O. The van der Waals surface area contributed by atoms with E-state index in [9.17, 15) is 0 Å². The summed E-state index contributed by atoms with van der Waals surface area (Å²) >= 11 is 0. The second-order valence-electron chi connectivity index (χ2n) is 6.82. The largest absolute Gasteiger partial charge is 0.379 e. The summed E-state index contributed by atoms with van der Waals surface area (Å²) < 4.78 is 5.39. The van der Waals surface area contributed by atoms with E-state index in [0.29, 0.717) is 0 Å². The van der Waals surface area contributed by atoms with Gasteiger partial charge in [-0.2, -0.15) is 0 Å². The molecule has 1 saturated heterocycles. The molecule has 4 nitrogen and oxygen atoms in total. The summed E-state index contributed by atoms with van der Waals surface area (Å²) in [6, 6.07) is 10.8. The maximum absolute atomic E-state index is 5.39. The van der Waals surface area contributed by atoms with Crippen molar-refractivity contribution in [3.8, 4) is 0 Å². The molecule has 25 heavy (non-hydrogen) atoms. The SMILES string of the molecule is Cc1cc(C=NCCN2CCOCC2)c(C)c2c1[nH]c1ccccc12. The van der Waals surface area contributed by atoms with Crippen LogP contribution in [0.5, 0.6) is 0 Å². The molecule has 1 N–H and O–H groups in total. The van der Waals surface area contributed by atoms with E-state index in [4.69, 9.17) is 9.73 Å². The van der Waals surface area contributed by atoms with Gasteiger partial charge in [-0.25, -0.2) is 0 Å². The Morgan fingerprint density at radius 2 is 2.00 bits per heavy atom. The van der Waals surface area contributed by atoms with E-state index in [1.807, 2.05) is 6.21 Å². The van der Waals surface area contributed by atoms with Crippen molar-refractivity contribution in [2.75, 3.05) is 39.4 Å². The number of aryl methyl sites for hydroxylation is 2. The third-order valence-electron chi connectivity index (χ3n) is 5.16. The van der Waals surface area contributed by atoms with Crippen LogP contribution in [0.25, 0.3) is 21.8 Å². The Morgan fingerprint density at radius 1 is 1.20 bits per heavy atom. The van der Waals surface area contributed by atoms with Gasteiger partial charge in [0.05, 0.1) is 19.8 Å². The molecule has 0 amide bonds. The fourth-order valence-electron chi connectivity index (χ4n) is 3.71. The molecule has 130 valence electrons. The Bertz CT molecular complexity index is 920. The second kappa shape index (κ2) is 6.98. The van der Waals surface area contributed by atoms with Gasteiger partial charge >= 0.3 is 0 Å². The summed E-state index contributed by atoms with van der Waals surface area (Å²) in [6.07, 6.45) is 2.05. The van der Waals surface area contributed by atoms with Gasteiger partial charge in [0.1, 0.15) is 0 Å². The zero-order valence-corrected chi connectivity index (χ0v) is 15.0. The number of para-hydroxylation sites is 1. The van der Waals surface area contributed by atoms with Gasteiger partial charge in [-0.1, -0.05) is 18.2 Å². The van der Waals surface area contributed by atoms with Crippen LogP contribution in [0.4, 0.5) is 0 Å². The minimum Gasteiger partial charge on any atom is -0.379 e. The average Bonchev–Trinajstić information content (AvgIpc) is 3.04. The third kappa shape index (κ3) is 3.20. The van der Waals surface area contributed by atoms with Crippen LogP contribution in [0.2, 0.25) is 0 Å². The standard InChI is InChI=1S/C21H25N3O/c1-15-13-17(14-22-7-8-24-9-11-25-12-10-24)16(2)20-18-5-3-4-6-19(18)23-21(15)20/h3-6,13-14,23H,7-12H2,1-2H3. The molecule has 0 spiro atoms. The number of hydrogen-bond acceptors (Lipinski definition) is 3. The highest BCUT2D eigenvalue weighted by Gasteiger charge is 2.12. The Hall–Kier alpha value is -2.17. The van der Waals surface area contributed by atoms with Crippen LogP contribution in [0.3, 0.4) is 0 Å². The fourth-order valence-corrected chi connectivity index (χ4v) is 3.71. The molecule has 0 saturated carbocycles. The molecule has 0 aliphatic carbocycles. The molecule has 0 atom stereocenters. The first-order chi connectivity index (χ1) is 12.2. The first-order valence-electron chi connectivity index (χ1n) is 9.04. The zero-order chi connectivity index (χ0) is 17.2. The van der Waals surface area contributed by atoms with Gasteiger partial charge in [0.25, 0.3) is 0 Å². The van der Waals surface area contributed by atoms with Gasteiger partial charge < -0.3 is 9.72 Å². The smallest absolute Gasteiger partial charge is 0.0594 e. The number of rotatable bonds is 4. The van der Waals surface area contributed by atoms with Crippen molar-refractivity contribution in [1.82, 2.24) is 9.88 Å². The number of nitrogens with zero attached hydrogens (tertiary/aromatic N) is 2. The lowest BCUT2D eigenvalue weighted by atomic mass is 9.99. The highest BCUT2D eigenvalue weighted by molar-refractivity contribution is 6.11. The van der Waals surface area contributed by atoms with Crippen LogP contribution in [-0.4, -0.2) is 55.5 Å². The number of aromatic nitrogens is 1. The lowest BCUT2D eigenvalue weighted by Gasteiger charge is -2.25. The number of morpholine rings is 1. The molecule has 1 fully saturated rings. The lowest BCUT2D eigenvalue weighted by Crippen LogP contribution is -2.37. The average molecular weight is 335 g/mol. The van der Waals surface area contributed by atoms with Crippen LogP contribution in [0.1, 0.15) is 16.7 Å². The first-order valence-corrected chi connectivity index (χ1v) is 9.04. The molecule has 0 radical (unpaired) electrons. The summed E-state index contributed by atoms with van der Waals surface area (Å²) in [5.74, 6) is 0. The molecule has 0 bridgehead atoms. The molecule has 4 heteroatoms. The van der Waals surface area contributed by atoms with Gasteiger partial charge in [0.15, 0.2) is 0 Å². The summed E-state index contributed by atoms with van der Waals surface area (Å²) in [5, 5.41) is 2.62. The lowest BCUT2D eigenvalue weighted by molar-refractivity contribution is 0.0395. The van der Waals surface area contributed by atoms with E-state index in [1.165, 1.54) is 38.5 Å². The summed E-state index contributed by atoms with van der Waals surface area (Å²) in [5.41, 5.74) is 6.23. The highest BCUT2D eigenvalue weighted by Crippen LogP contribution is 2.31. The molecule has 1 aliphatic heterocycles. The topological polar surface area (TPSA) is 40.6 Å². The highest BCUT2D eigenvalue weighted by atomic mass is 16.5. The van der Waals surface area contributed by atoms with Gasteiger partial charge in [0, 0.05) is 47.7 Å². The van der Waals surface area contributed by atoms with Crippen molar-refractivity contribution in [3.05, 3.63) is 47.0 Å². The van der Waals surface area contributed by atoms with Crippen molar-refractivity contribution < 1.29 is 4.74 Å². The zero-order valence-electron chi connectivity index (χ0n) is 15.0. The van der Waals surface area contributed by atoms with Crippen LogP contribution in [-0.2, 0) is 4.74 Å². The minimum absolute atomic E-state index is 0.838. The quantitative estimate of drug-likeness (QED) is 0.739. The number of hydrogen-bond donors (Lipinski definition) is 1. The van der Waals surface area contributed by atoms with Crippen LogP contribution in [0, 0.1) is 13.8 Å². The summed E-state index contributed by atoms with van der Waals surface area (Å²) in [4.78, 5) is 10.7. The molecule has 3 aromatic rings. The van der Waals surface area contributed by atoms with Crippen molar-refractivity contribution >= 4 is 28.0 Å². The predicted octanol–water partition coefficient (Wildman–Crippen LogP) is 3.69. The number of ether oxygens (including phenoxy) is 1. The van der Waals surface area contributed by atoms with Gasteiger partial charge in [-0.15, -0.1) is 0 Å². The molecule has 4 rings (SSSR count). The molecule has 0 unspecified atom stereocenters. The normalized spacial score (nSPS) is 16.4. The maximum Gasteiger partial charge on any atom is 0.0594 e. The van der Waals surface area contributed by atoms with Crippen LogP contribution >= 0.6 is 0 Å². The van der Waals surface area contributed by atoms with E-state index in [-0.39, 0.29) is 0 Å². The van der Waals surface area contributed by atoms with Crippen LogP contribution in [0.15, 0.2) is 35.3 Å². The van der Waals surface area contributed by atoms with Crippen molar-refractivity contribution in [3.63, 3.8) is 0 Å². The van der Waals surface area contributed by atoms with E-state index in [1.54, 1.807) is 0 Å². The van der Waals surface area contributed by atoms with Crippen molar-refractivity contribution in [2.45, 2.75) is 13.8 Å². The number of benzene rings is 2. The predicted molar refractivity (Wildman–Crippen MR) is 105 cm³/mol. The Morgan fingerprint density at radius 3 is 2.84 bits per heavy atom. The second-order valence-corrected chi connectivity index (χ2v) is 6.82. The summed E-state index contributed by atoms with van der Waals surface area (Å²) in [7, 11) is 0. The Labute approximate surface area is 148 Å². The molecule has 2 aromatic carbocycles. The van der Waals surface area contributed by atoms with Gasteiger partial charge in [0.2, 0.25) is 0 Å². The number of nitrogens with one attached hydrogen (secondary N) is 1. The van der Waals surface area contributed by atoms with Gasteiger partial charge in [-0.05, 0) is 42.7 Å².